The van der Waals surface area contributed by atoms with Crippen LogP contribution in [-0.2, 0) is 28.6 Å². The Bertz CT molecular complexity index is 444. The minimum absolute atomic E-state index is 0.407. The molecule has 106 valence electrons. The average molecular weight is 298 g/mol. The van der Waals surface area contributed by atoms with E-state index in [9.17, 15) is 16.8 Å². The Morgan fingerprint density at radius 1 is 0.833 bits per heavy atom. The molecule has 0 amide bonds. The Labute approximate surface area is 108 Å². The van der Waals surface area contributed by atoms with Gasteiger partial charge in [-0.3, -0.25) is 8.37 Å². The van der Waals surface area contributed by atoms with Crippen LogP contribution in [0.4, 0.5) is 0 Å². The molecule has 0 fully saturated rings. The summed E-state index contributed by atoms with van der Waals surface area (Å²) >= 11 is 0. The normalized spacial score (nSPS) is 26.6. The third kappa shape index (κ3) is 6.48. The van der Waals surface area contributed by atoms with Crippen molar-refractivity contribution in [2.45, 2.75) is 37.9 Å². The molecular weight excluding hydrogens is 280 g/mol. The van der Waals surface area contributed by atoms with E-state index in [-0.39, 0.29) is 0 Å². The molecule has 0 saturated carbocycles. The molecule has 2 unspecified atom stereocenters. The van der Waals surface area contributed by atoms with Crippen LogP contribution in [0.5, 0.6) is 0 Å². The standard InChI is InChI=1S/C10H18O6S2/c1-17(11,12)15-9-7-5-3-4-6-8-10(9)16-18(2,13)14/h3-4,9-10H,5-8H2,1-2H3. The van der Waals surface area contributed by atoms with Crippen molar-refractivity contribution in [2.24, 2.45) is 0 Å². The van der Waals surface area contributed by atoms with Gasteiger partial charge in [0.2, 0.25) is 0 Å². The topological polar surface area (TPSA) is 86.7 Å². The van der Waals surface area contributed by atoms with Gasteiger partial charge in [0.15, 0.2) is 0 Å². The highest BCUT2D eigenvalue weighted by Crippen LogP contribution is 2.22. The third-order valence-electron chi connectivity index (χ3n) is 2.41. The predicted octanol–water partition coefficient (Wildman–Crippen LogP) is 0.806. The fourth-order valence-corrected chi connectivity index (χ4v) is 3.14. The lowest BCUT2D eigenvalue weighted by Crippen LogP contribution is -2.35. The highest BCUT2D eigenvalue weighted by atomic mass is 32.2. The lowest BCUT2D eigenvalue weighted by Gasteiger charge is -2.25. The largest absolute Gasteiger partial charge is 0.264 e. The van der Waals surface area contributed by atoms with Crippen LogP contribution in [0.25, 0.3) is 0 Å². The molecule has 0 radical (unpaired) electrons. The summed E-state index contributed by atoms with van der Waals surface area (Å²) < 4.78 is 54.5. The summed E-state index contributed by atoms with van der Waals surface area (Å²) in [6.07, 6.45) is 6.28. The summed E-state index contributed by atoms with van der Waals surface area (Å²) in [4.78, 5) is 0. The maximum Gasteiger partial charge on any atom is 0.264 e. The fraction of sp³-hybridized carbons (Fsp3) is 0.800. The average Bonchev–Trinajstić information content (AvgIpc) is 2.12. The van der Waals surface area contributed by atoms with Crippen LogP contribution in [0.2, 0.25) is 0 Å². The van der Waals surface area contributed by atoms with Gasteiger partial charge in [-0.2, -0.15) is 16.8 Å². The van der Waals surface area contributed by atoms with E-state index in [1.54, 1.807) is 0 Å². The Kier molecular flexibility index (Phi) is 5.32. The minimum Gasteiger partial charge on any atom is -0.264 e. The molecule has 0 aromatic heterocycles. The molecule has 1 aliphatic carbocycles. The zero-order valence-electron chi connectivity index (χ0n) is 10.4. The van der Waals surface area contributed by atoms with Gasteiger partial charge in [0.25, 0.3) is 20.2 Å². The van der Waals surface area contributed by atoms with Crippen molar-refractivity contribution in [1.29, 1.82) is 0 Å². The summed E-state index contributed by atoms with van der Waals surface area (Å²) in [6.45, 7) is 0. The predicted molar refractivity (Wildman–Crippen MR) is 67.0 cm³/mol. The van der Waals surface area contributed by atoms with E-state index in [0.717, 1.165) is 12.5 Å². The van der Waals surface area contributed by atoms with Crippen LogP contribution in [0, 0.1) is 0 Å². The minimum atomic E-state index is -3.64. The molecule has 0 spiro atoms. The maximum absolute atomic E-state index is 11.2. The van der Waals surface area contributed by atoms with Gasteiger partial charge in [-0.15, -0.1) is 0 Å². The van der Waals surface area contributed by atoms with Crippen LogP contribution in [0.3, 0.4) is 0 Å². The molecule has 1 aliphatic rings. The zero-order chi connectivity index (χ0) is 13.8. The number of hydrogen-bond acceptors (Lipinski definition) is 6. The van der Waals surface area contributed by atoms with Crippen LogP contribution in [-0.4, -0.2) is 41.6 Å². The Balaban J connectivity index is 2.86. The van der Waals surface area contributed by atoms with Crippen molar-refractivity contribution in [2.75, 3.05) is 12.5 Å². The first kappa shape index (κ1) is 15.6. The molecule has 0 N–H and O–H groups in total. The third-order valence-corrected chi connectivity index (χ3v) is 3.61. The van der Waals surface area contributed by atoms with E-state index < -0.39 is 32.4 Å². The second-order valence-corrected chi connectivity index (χ2v) is 7.51. The van der Waals surface area contributed by atoms with Crippen molar-refractivity contribution in [3.8, 4) is 0 Å². The van der Waals surface area contributed by atoms with Crippen molar-refractivity contribution in [3.63, 3.8) is 0 Å². The molecule has 1 rings (SSSR count). The second kappa shape index (κ2) is 6.14. The first-order valence-corrected chi connectivity index (χ1v) is 9.22. The van der Waals surface area contributed by atoms with Gasteiger partial charge in [0.1, 0.15) is 12.2 Å². The summed E-state index contributed by atoms with van der Waals surface area (Å²) in [5, 5.41) is 0. The lowest BCUT2D eigenvalue weighted by atomic mass is 10.0. The molecule has 2 atom stereocenters. The first-order valence-electron chi connectivity index (χ1n) is 5.59. The van der Waals surface area contributed by atoms with Crippen molar-refractivity contribution in [1.82, 2.24) is 0 Å². The number of hydrogen-bond donors (Lipinski definition) is 0. The van der Waals surface area contributed by atoms with Gasteiger partial charge in [-0.25, -0.2) is 0 Å². The molecule has 6 nitrogen and oxygen atoms in total. The van der Waals surface area contributed by atoms with E-state index >= 15 is 0 Å². The van der Waals surface area contributed by atoms with E-state index in [1.165, 1.54) is 0 Å². The van der Waals surface area contributed by atoms with Gasteiger partial charge in [0, 0.05) is 0 Å². The van der Waals surface area contributed by atoms with E-state index in [4.69, 9.17) is 8.37 Å². The maximum atomic E-state index is 11.2. The van der Waals surface area contributed by atoms with Crippen LogP contribution in [0.15, 0.2) is 12.2 Å². The van der Waals surface area contributed by atoms with E-state index in [1.807, 2.05) is 12.2 Å². The SMILES string of the molecule is CS(=O)(=O)OC1CCC=CCCC1OS(C)(=O)=O. The Morgan fingerprint density at radius 3 is 1.44 bits per heavy atom. The summed E-state index contributed by atoms with van der Waals surface area (Å²) in [7, 11) is -7.28. The quantitative estimate of drug-likeness (QED) is 0.564. The van der Waals surface area contributed by atoms with Gasteiger partial charge >= 0.3 is 0 Å². The fourth-order valence-electron chi connectivity index (χ4n) is 1.80. The summed E-state index contributed by atoms with van der Waals surface area (Å²) in [6, 6.07) is 0. The molecule has 0 bridgehead atoms. The second-order valence-electron chi connectivity index (χ2n) is 4.30. The van der Waals surface area contributed by atoms with Gasteiger partial charge in [-0.05, 0) is 25.7 Å². The zero-order valence-corrected chi connectivity index (χ0v) is 12.0. The molecule has 0 saturated heterocycles. The first-order chi connectivity index (χ1) is 8.17. The van der Waals surface area contributed by atoms with Crippen LogP contribution in [0.1, 0.15) is 25.7 Å². The monoisotopic (exact) mass is 298 g/mol. The van der Waals surface area contributed by atoms with Gasteiger partial charge in [0.05, 0.1) is 12.5 Å². The van der Waals surface area contributed by atoms with Crippen molar-refractivity contribution < 1.29 is 25.2 Å². The van der Waals surface area contributed by atoms with Gasteiger partial charge < -0.3 is 0 Å². The van der Waals surface area contributed by atoms with Gasteiger partial charge in [-0.1, -0.05) is 12.2 Å². The molecule has 0 aromatic rings. The molecule has 0 heterocycles. The molecular formula is C10H18O6S2. The Morgan fingerprint density at radius 2 is 1.17 bits per heavy atom. The summed E-state index contributed by atoms with van der Waals surface area (Å²) in [5.74, 6) is 0. The lowest BCUT2D eigenvalue weighted by molar-refractivity contribution is 0.0529. The van der Waals surface area contributed by atoms with E-state index in [0.29, 0.717) is 25.7 Å². The smallest absolute Gasteiger partial charge is 0.264 e. The molecule has 8 heteroatoms. The molecule has 0 aromatic carbocycles. The van der Waals surface area contributed by atoms with Crippen LogP contribution >= 0.6 is 0 Å². The van der Waals surface area contributed by atoms with E-state index in [2.05, 4.69) is 0 Å². The number of rotatable bonds is 4. The Hall–Kier alpha value is -0.440. The van der Waals surface area contributed by atoms with Crippen molar-refractivity contribution in [3.05, 3.63) is 12.2 Å². The molecule has 0 aliphatic heterocycles. The highest BCUT2D eigenvalue weighted by Gasteiger charge is 2.29. The number of allylic oxidation sites excluding steroid dienone is 2. The van der Waals surface area contributed by atoms with Crippen molar-refractivity contribution >= 4 is 20.2 Å². The van der Waals surface area contributed by atoms with Crippen LogP contribution < -0.4 is 0 Å². The summed E-state index contributed by atoms with van der Waals surface area (Å²) in [5.41, 5.74) is 0. The molecule has 18 heavy (non-hydrogen) atoms. The highest BCUT2D eigenvalue weighted by molar-refractivity contribution is 7.86.